The molecule has 0 saturated heterocycles. The maximum absolute atomic E-state index is 4.97. The van der Waals surface area contributed by atoms with Crippen LogP contribution in [0.15, 0.2) is 0 Å². The average Bonchev–Trinajstić information content (AvgIpc) is 1.80. The molecule has 0 spiro atoms. The quantitative estimate of drug-likeness (QED) is 0.315. The van der Waals surface area contributed by atoms with Gasteiger partial charge in [0.05, 0.1) is 6.61 Å². The third-order valence-electron chi connectivity index (χ3n) is 0.657. The molecule has 5 heteroatoms. The Balaban J connectivity index is 0. The zero-order valence-corrected chi connectivity index (χ0v) is 7.00. The zero-order chi connectivity index (χ0) is 7.11. The van der Waals surface area contributed by atoms with E-state index in [9.17, 15) is 0 Å². The van der Waals surface area contributed by atoms with Gasteiger partial charge in [-0.05, 0) is 19.1 Å². The molecule has 0 aromatic rings. The number of ether oxygens (including phenoxy) is 2. The Kier molecular flexibility index (Phi) is 15.6. The fourth-order valence-corrected chi connectivity index (χ4v) is 0.507. The van der Waals surface area contributed by atoms with E-state index in [1.807, 2.05) is 6.92 Å². The summed E-state index contributed by atoms with van der Waals surface area (Å²) in [7, 11) is 0. The molecule has 0 saturated carbocycles. The molecule has 0 aromatic heterocycles. The van der Waals surface area contributed by atoms with Crippen LogP contribution in [0, 0.1) is 0 Å². The van der Waals surface area contributed by atoms with Crippen molar-refractivity contribution in [3.63, 3.8) is 0 Å². The van der Waals surface area contributed by atoms with E-state index in [1.54, 1.807) is 0 Å². The van der Waals surface area contributed by atoms with E-state index in [-0.39, 0.29) is 55.8 Å². The van der Waals surface area contributed by atoms with Gasteiger partial charge in [-0.3, -0.25) is 0 Å². The summed E-state index contributed by atoms with van der Waals surface area (Å²) < 4.78 is 10.1. The Morgan fingerprint density at radius 1 is 1.50 bits per heavy atom. The van der Waals surface area contributed by atoms with Crippen LogP contribution >= 0.6 is 24.8 Å². The standard InChI is InChI=1S/C5H10O2S2.K.H/c1-2-6-3-4-7-5(8)9;;/h2-4H2,1H3,(H,8,9);;. The van der Waals surface area contributed by atoms with E-state index in [0.29, 0.717) is 19.8 Å². The van der Waals surface area contributed by atoms with Gasteiger partial charge in [0.1, 0.15) is 6.61 Å². The molecular weight excluding hydrogens is 195 g/mol. The van der Waals surface area contributed by atoms with Crippen molar-refractivity contribution in [3.05, 3.63) is 0 Å². The molecule has 0 aliphatic rings. The third kappa shape index (κ3) is 12.5. The van der Waals surface area contributed by atoms with E-state index in [4.69, 9.17) is 9.47 Å². The van der Waals surface area contributed by atoms with E-state index in [2.05, 4.69) is 24.8 Å². The monoisotopic (exact) mass is 206 g/mol. The van der Waals surface area contributed by atoms with Crippen LogP contribution in [0.5, 0.6) is 0 Å². The molecule has 0 aliphatic heterocycles. The Morgan fingerprint density at radius 3 is 2.50 bits per heavy atom. The first-order valence-corrected chi connectivity index (χ1v) is 3.56. The van der Waals surface area contributed by atoms with Crippen LogP contribution in [0.3, 0.4) is 0 Å². The summed E-state index contributed by atoms with van der Waals surface area (Å²) in [6.07, 6.45) is 0. The minimum atomic E-state index is 0. The molecular formula is C5H11KO2S2. The van der Waals surface area contributed by atoms with Gasteiger partial charge in [-0.15, -0.1) is 0 Å². The second-order valence-electron chi connectivity index (χ2n) is 1.31. The second-order valence-corrected chi connectivity index (χ2v) is 2.39. The summed E-state index contributed by atoms with van der Waals surface area (Å²) in [5.41, 5.74) is 0. The Labute approximate surface area is 115 Å². The van der Waals surface area contributed by atoms with Gasteiger partial charge in [-0.1, -0.05) is 12.6 Å². The molecule has 0 aromatic carbocycles. The average molecular weight is 206 g/mol. The number of thiocarbonyl (C=S) groups is 1. The minimum absolute atomic E-state index is 0. The molecule has 0 N–H and O–H groups in total. The van der Waals surface area contributed by atoms with Gasteiger partial charge >= 0.3 is 51.4 Å². The topological polar surface area (TPSA) is 18.5 Å². The van der Waals surface area contributed by atoms with Gasteiger partial charge in [0, 0.05) is 6.61 Å². The summed E-state index contributed by atoms with van der Waals surface area (Å²) >= 11 is 8.29. The number of hydrogen-bond donors (Lipinski definition) is 1. The molecule has 0 heterocycles. The SMILES string of the molecule is CCOCCOC(=S)S.[KH]. The molecule has 0 radical (unpaired) electrons. The van der Waals surface area contributed by atoms with Gasteiger partial charge in [0.15, 0.2) is 0 Å². The normalized spacial score (nSPS) is 8.20. The Bertz CT molecular complexity index is 89.7. The van der Waals surface area contributed by atoms with Crippen molar-refractivity contribution < 1.29 is 9.47 Å². The second kappa shape index (κ2) is 10.8. The summed E-state index contributed by atoms with van der Waals surface area (Å²) in [6.45, 7) is 3.72. The summed E-state index contributed by atoms with van der Waals surface area (Å²) in [5.74, 6) is 0. The first-order valence-electron chi connectivity index (χ1n) is 2.70. The van der Waals surface area contributed by atoms with Crippen molar-refractivity contribution in [1.29, 1.82) is 0 Å². The molecule has 56 valence electrons. The Morgan fingerprint density at radius 2 is 2.10 bits per heavy atom. The first-order chi connectivity index (χ1) is 4.27. The van der Waals surface area contributed by atoms with Crippen LogP contribution in [0.4, 0.5) is 0 Å². The molecule has 0 unspecified atom stereocenters. The summed E-state index contributed by atoms with van der Waals surface area (Å²) in [5, 5.41) is 0. The van der Waals surface area contributed by atoms with E-state index in [1.165, 1.54) is 0 Å². The van der Waals surface area contributed by atoms with Gasteiger partial charge in [0.2, 0.25) is 4.38 Å². The van der Waals surface area contributed by atoms with E-state index >= 15 is 0 Å². The van der Waals surface area contributed by atoms with Gasteiger partial charge in [-0.25, -0.2) is 0 Å². The molecule has 0 aliphatic carbocycles. The van der Waals surface area contributed by atoms with Crippen LogP contribution in [0.2, 0.25) is 0 Å². The maximum atomic E-state index is 4.97. The number of hydrogen-bond acceptors (Lipinski definition) is 3. The van der Waals surface area contributed by atoms with Crippen LogP contribution < -0.4 is 0 Å². The summed E-state index contributed by atoms with van der Waals surface area (Å²) in [4.78, 5) is 0. The van der Waals surface area contributed by atoms with Crippen molar-refractivity contribution in [1.82, 2.24) is 0 Å². The predicted molar refractivity (Wildman–Crippen MR) is 51.2 cm³/mol. The predicted octanol–water partition coefficient (Wildman–Crippen LogP) is 0.606. The van der Waals surface area contributed by atoms with Gasteiger partial charge in [0.25, 0.3) is 0 Å². The zero-order valence-electron chi connectivity index (χ0n) is 5.29. The fraction of sp³-hybridized carbons (Fsp3) is 0.800. The van der Waals surface area contributed by atoms with Crippen molar-refractivity contribution in [3.8, 4) is 0 Å². The number of rotatable bonds is 4. The Hall–Kier alpha value is 1.84. The molecule has 10 heavy (non-hydrogen) atoms. The van der Waals surface area contributed by atoms with Crippen molar-refractivity contribution in [2.75, 3.05) is 19.8 Å². The molecule has 0 bridgehead atoms. The van der Waals surface area contributed by atoms with Crippen LogP contribution in [0.25, 0.3) is 0 Å². The molecule has 2 nitrogen and oxygen atoms in total. The van der Waals surface area contributed by atoms with E-state index < -0.39 is 0 Å². The molecule has 0 amide bonds. The van der Waals surface area contributed by atoms with Gasteiger partial charge in [-0.2, -0.15) is 0 Å². The third-order valence-corrected chi connectivity index (χ3v) is 0.904. The van der Waals surface area contributed by atoms with Crippen LogP contribution in [-0.4, -0.2) is 75.6 Å². The van der Waals surface area contributed by atoms with Crippen LogP contribution in [0.1, 0.15) is 6.92 Å². The van der Waals surface area contributed by atoms with Crippen molar-refractivity contribution in [2.45, 2.75) is 6.92 Å². The molecule has 0 atom stereocenters. The molecule has 0 fully saturated rings. The number of thiol groups is 1. The summed E-state index contributed by atoms with van der Waals surface area (Å²) in [6, 6.07) is 0. The van der Waals surface area contributed by atoms with Crippen molar-refractivity contribution >= 4 is 80.6 Å². The van der Waals surface area contributed by atoms with E-state index in [0.717, 1.165) is 0 Å². The molecule has 0 rings (SSSR count). The van der Waals surface area contributed by atoms with Crippen LogP contribution in [-0.2, 0) is 9.47 Å². The van der Waals surface area contributed by atoms with Gasteiger partial charge < -0.3 is 9.47 Å². The van der Waals surface area contributed by atoms with Crippen molar-refractivity contribution in [2.24, 2.45) is 0 Å². The fourth-order valence-electron chi connectivity index (χ4n) is 0.332. The first kappa shape index (κ1) is 14.4.